The second-order valence-corrected chi connectivity index (χ2v) is 9.04. The van der Waals surface area contributed by atoms with Crippen molar-refractivity contribution in [2.75, 3.05) is 6.61 Å². The van der Waals surface area contributed by atoms with Gasteiger partial charge in [0.1, 0.15) is 6.42 Å². The third kappa shape index (κ3) is 2.03. The number of hydrogen-bond acceptors (Lipinski definition) is 1. The van der Waals surface area contributed by atoms with Crippen LogP contribution in [-0.4, -0.2) is 14.7 Å². The summed E-state index contributed by atoms with van der Waals surface area (Å²) in [6, 6.07) is 0. The zero-order valence-corrected chi connectivity index (χ0v) is 8.24. The summed E-state index contributed by atoms with van der Waals surface area (Å²) in [5.41, 5.74) is 1.43. The van der Waals surface area contributed by atoms with E-state index in [0.29, 0.717) is 0 Å². The zero-order valence-electron chi connectivity index (χ0n) is 7.24. The molecule has 10 heavy (non-hydrogen) atoms. The van der Waals surface area contributed by atoms with E-state index in [4.69, 9.17) is 4.74 Å². The maximum atomic E-state index is 5.62. The first-order valence-corrected chi connectivity index (χ1v) is 7.60. The molecular formula is C8H17OSi+. The Hall–Kier alpha value is 0.0469. The summed E-state index contributed by atoms with van der Waals surface area (Å²) in [6.07, 6.45) is 3.84. The zero-order chi connectivity index (χ0) is 7.61. The van der Waals surface area contributed by atoms with Crippen LogP contribution in [0.15, 0.2) is 0 Å². The fourth-order valence-corrected chi connectivity index (χ4v) is 2.71. The Morgan fingerprint density at radius 1 is 1.20 bits per heavy atom. The molecule has 1 fully saturated rings. The van der Waals surface area contributed by atoms with Gasteiger partial charge in [0.25, 0.3) is 0 Å². The standard InChI is InChI=1S/C8H17OSi/c1-10(2,3)8-6-4-5-7-9-8/h4-7H2,1-3H3/q+1. The molecule has 0 aromatic carbocycles. The summed E-state index contributed by atoms with van der Waals surface area (Å²) in [5, 5.41) is 0. The molecule has 0 unspecified atom stereocenters. The molecule has 58 valence electrons. The largest absolute Gasteiger partial charge is 0.301 e. The van der Waals surface area contributed by atoms with Crippen molar-refractivity contribution in [1.82, 2.24) is 0 Å². The maximum absolute atomic E-state index is 5.62. The molecule has 0 saturated carbocycles. The first-order chi connectivity index (χ1) is 4.61. The van der Waals surface area contributed by atoms with Crippen molar-refractivity contribution in [2.45, 2.75) is 38.9 Å². The first-order valence-electron chi connectivity index (χ1n) is 4.10. The Labute approximate surface area is 64.8 Å². The van der Waals surface area contributed by atoms with E-state index in [1.54, 1.807) is 0 Å². The van der Waals surface area contributed by atoms with Crippen LogP contribution in [0.25, 0.3) is 0 Å². The molecule has 2 heteroatoms. The summed E-state index contributed by atoms with van der Waals surface area (Å²) in [7, 11) is -1.06. The summed E-state index contributed by atoms with van der Waals surface area (Å²) >= 11 is 0. The second-order valence-electron chi connectivity index (χ2n) is 3.98. The second kappa shape index (κ2) is 2.97. The molecule has 1 saturated heterocycles. The van der Waals surface area contributed by atoms with E-state index < -0.39 is 8.07 Å². The lowest BCUT2D eigenvalue weighted by molar-refractivity contribution is 0.131. The highest BCUT2D eigenvalue weighted by Gasteiger charge is 2.42. The normalized spacial score (nSPS) is 21.3. The van der Waals surface area contributed by atoms with Gasteiger partial charge in [-0.05, 0) is 32.5 Å². The van der Waals surface area contributed by atoms with Crippen LogP contribution < -0.4 is 0 Å². The Morgan fingerprint density at radius 3 is 2.20 bits per heavy atom. The lowest BCUT2D eigenvalue weighted by atomic mass is 10.2. The molecule has 0 N–H and O–H groups in total. The SMILES string of the molecule is C[Si](C)(C)[C+]1CCCCO1. The summed E-state index contributed by atoms with van der Waals surface area (Å²) in [5.74, 6) is 0. The Balaban J connectivity index is 2.39. The third-order valence-electron chi connectivity index (χ3n) is 1.91. The van der Waals surface area contributed by atoms with E-state index in [-0.39, 0.29) is 0 Å². The van der Waals surface area contributed by atoms with Crippen molar-refractivity contribution in [3.05, 3.63) is 5.73 Å². The summed E-state index contributed by atoms with van der Waals surface area (Å²) in [6.45, 7) is 8.04. The van der Waals surface area contributed by atoms with E-state index in [0.717, 1.165) is 6.61 Å². The number of ether oxygens (including phenoxy) is 1. The van der Waals surface area contributed by atoms with Gasteiger partial charge in [-0.25, -0.2) is 4.74 Å². The van der Waals surface area contributed by atoms with Crippen LogP contribution in [0.3, 0.4) is 0 Å². The Kier molecular flexibility index (Phi) is 2.42. The molecule has 0 aromatic heterocycles. The number of rotatable bonds is 1. The minimum atomic E-state index is -1.06. The van der Waals surface area contributed by atoms with Crippen molar-refractivity contribution in [3.63, 3.8) is 0 Å². The Bertz CT molecular complexity index is 100. The van der Waals surface area contributed by atoms with E-state index in [2.05, 4.69) is 19.6 Å². The quantitative estimate of drug-likeness (QED) is 0.420. The molecule has 0 atom stereocenters. The first kappa shape index (κ1) is 8.15. The summed E-state index contributed by atoms with van der Waals surface area (Å²) in [4.78, 5) is 0. The summed E-state index contributed by atoms with van der Waals surface area (Å²) < 4.78 is 5.62. The molecule has 1 aliphatic heterocycles. The van der Waals surface area contributed by atoms with Gasteiger partial charge in [-0.3, -0.25) is 0 Å². The molecular weight excluding hydrogens is 140 g/mol. The topological polar surface area (TPSA) is 9.23 Å². The average molecular weight is 157 g/mol. The fourth-order valence-electron chi connectivity index (χ4n) is 1.25. The molecule has 0 bridgehead atoms. The minimum absolute atomic E-state index is 0.972. The number of hydrogen-bond donors (Lipinski definition) is 0. The van der Waals surface area contributed by atoms with Crippen LogP contribution in [0.1, 0.15) is 19.3 Å². The van der Waals surface area contributed by atoms with Crippen LogP contribution in [-0.2, 0) is 4.74 Å². The van der Waals surface area contributed by atoms with Crippen LogP contribution in [0.2, 0.25) is 19.6 Å². The molecule has 1 rings (SSSR count). The minimum Gasteiger partial charge on any atom is -0.212 e. The monoisotopic (exact) mass is 157 g/mol. The maximum Gasteiger partial charge on any atom is 0.301 e. The average Bonchev–Trinajstić information content (AvgIpc) is 1.88. The van der Waals surface area contributed by atoms with E-state index in [1.165, 1.54) is 25.0 Å². The predicted molar refractivity (Wildman–Crippen MR) is 46.4 cm³/mol. The van der Waals surface area contributed by atoms with E-state index in [1.807, 2.05) is 0 Å². The van der Waals surface area contributed by atoms with E-state index in [9.17, 15) is 0 Å². The van der Waals surface area contributed by atoms with Crippen molar-refractivity contribution < 1.29 is 4.74 Å². The van der Waals surface area contributed by atoms with Crippen molar-refractivity contribution in [2.24, 2.45) is 0 Å². The van der Waals surface area contributed by atoms with Crippen LogP contribution >= 0.6 is 0 Å². The van der Waals surface area contributed by atoms with Crippen molar-refractivity contribution in [1.29, 1.82) is 0 Å². The van der Waals surface area contributed by atoms with Gasteiger partial charge in [0.05, 0.1) is 6.61 Å². The smallest absolute Gasteiger partial charge is 0.212 e. The van der Waals surface area contributed by atoms with Gasteiger partial charge in [0.2, 0.25) is 0 Å². The van der Waals surface area contributed by atoms with Crippen LogP contribution in [0.5, 0.6) is 0 Å². The van der Waals surface area contributed by atoms with Gasteiger partial charge in [0, 0.05) is 0 Å². The predicted octanol–water partition coefficient (Wildman–Crippen LogP) is 2.60. The van der Waals surface area contributed by atoms with Gasteiger partial charge >= 0.3 is 8.07 Å². The van der Waals surface area contributed by atoms with Gasteiger partial charge in [-0.1, -0.05) is 0 Å². The molecule has 1 aliphatic rings. The highest BCUT2D eigenvalue weighted by atomic mass is 28.3. The van der Waals surface area contributed by atoms with Crippen LogP contribution in [0.4, 0.5) is 0 Å². The lowest BCUT2D eigenvalue weighted by Gasteiger charge is -2.19. The fraction of sp³-hybridized carbons (Fsp3) is 0.875. The molecule has 0 aromatic rings. The van der Waals surface area contributed by atoms with Gasteiger partial charge < -0.3 is 0 Å². The molecule has 0 aliphatic carbocycles. The van der Waals surface area contributed by atoms with Gasteiger partial charge in [0.15, 0.2) is 5.73 Å². The highest BCUT2D eigenvalue weighted by molar-refractivity contribution is 6.80. The molecule has 0 amide bonds. The van der Waals surface area contributed by atoms with Crippen LogP contribution in [0, 0.1) is 5.73 Å². The third-order valence-corrected chi connectivity index (χ3v) is 3.98. The molecule has 1 nitrogen and oxygen atoms in total. The van der Waals surface area contributed by atoms with Crippen molar-refractivity contribution in [3.8, 4) is 0 Å². The highest BCUT2D eigenvalue weighted by Crippen LogP contribution is 2.28. The molecule has 0 spiro atoms. The van der Waals surface area contributed by atoms with Crippen molar-refractivity contribution >= 4 is 8.07 Å². The van der Waals surface area contributed by atoms with E-state index >= 15 is 0 Å². The lowest BCUT2D eigenvalue weighted by Crippen LogP contribution is -2.35. The molecule has 1 heterocycles. The van der Waals surface area contributed by atoms with Gasteiger partial charge in [-0.2, -0.15) is 0 Å². The molecule has 0 radical (unpaired) electrons. The van der Waals surface area contributed by atoms with Gasteiger partial charge in [-0.15, -0.1) is 0 Å². The Morgan fingerprint density at radius 2 is 1.90 bits per heavy atom.